The number of piperidine rings is 1. The number of rotatable bonds is 10. The van der Waals surface area contributed by atoms with Crippen molar-refractivity contribution in [3.05, 3.63) is 63.6 Å². The fourth-order valence-corrected chi connectivity index (χ4v) is 8.24. The van der Waals surface area contributed by atoms with Gasteiger partial charge < -0.3 is 14.2 Å². The molecule has 214 valence electrons. The van der Waals surface area contributed by atoms with Gasteiger partial charge in [-0.15, -0.1) is 0 Å². The maximum absolute atomic E-state index is 13.4. The van der Waals surface area contributed by atoms with Crippen molar-refractivity contribution >= 4 is 50.4 Å². The summed E-state index contributed by atoms with van der Waals surface area (Å²) < 4.78 is 36.5. The van der Waals surface area contributed by atoms with Crippen LogP contribution in [0.1, 0.15) is 66.3 Å². The zero-order valence-electron chi connectivity index (χ0n) is 22.0. The third-order valence-corrected chi connectivity index (χ3v) is 11.3. The van der Waals surface area contributed by atoms with E-state index in [0.717, 1.165) is 24.2 Å². The van der Waals surface area contributed by atoms with Crippen molar-refractivity contribution in [3.63, 3.8) is 0 Å². The van der Waals surface area contributed by atoms with Gasteiger partial charge in [0, 0.05) is 23.1 Å². The van der Waals surface area contributed by atoms with E-state index in [2.05, 4.69) is 10.1 Å². The molecule has 0 N–H and O–H groups in total. The van der Waals surface area contributed by atoms with Crippen molar-refractivity contribution < 1.29 is 27.3 Å². The van der Waals surface area contributed by atoms with E-state index < -0.39 is 26.6 Å². The zero-order valence-corrected chi connectivity index (χ0v) is 24.3. The Balaban J connectivity index is 1.04. The van der Waals surface area contributed by atoms with E-state index in [9.17, 15) is 18.0 Å². The Hall–Kier alpha value is -2.79. The monoisotopic (exact) mass is 615 g/mol. The molecule has 3 aliphatic carbocycles. The number of aromatic nitrogens is 2. The number of hydrogen-bond acceptors (Lipinski definition) is 8. The van der Waals surface area contributed by atoms with Crippen LogP contribution in [0.5, 0.6) is 0 Å². The van der Waals surface area contributed by atoms with Gasteiger partial charge in [0.15, 0.2) is 15.6 Å². The Morgan fingerprint density at radius 3 is 2.46 bits per heavy atom. The van der Waals surface area contributed by atoms with Crippen molar-refractivity contribution in [1.29, 1.82) is 0 Å². The van der Waals surface area contributed by atoms with E-state index in [-0.39, 0.29) is 36.3 Å². The van der Waals surface area contributed by atoms with Gasteiger partial charge in [-0.25, -0.2) is 8.42 Å². The molecule has 3 atom stereocenters. The van der Waals surface area contributed by atoms with Crippen LogP contribution >= 0.6 is 23.2 Å². The number of amides is 1. The van der Waals surface area contributed by atoms with Crippen molar-refractivity contribution in [2.45, 2.75) is 68.4 Å². The molecule has 1 saturated heterocycles. The summed E-state index contributed by atoms with van der Waals surface area (Å²) in [4.78, 5) is 31.8. The number of anilines is 1. The van der Waals surface area contributed by atoms with E-state index in [0.29, 0.717) is 58.6 Å². The smallest absolute Gasteiger partial charge is 0.233 e. The van der Waals surface area contributed by atoms with Crippen LogP contribution in [0.25, 0.3) is 11.3 Å². The topological polar surface area (TPSA) is 120 Å². The molecule has 0 spiro atoms. The summed E-state index contributed by atoms with van der Waals surface area (Å²) in [5, 5.41) is 4.87. The highest BCUT2D eigenvalue weighted by molar-refractivity contribution is 7.93. The number of sulfone groups is 1. The standard InChI is InChI=1S/C29H27Cl2N3O6S/c30-21-2-1-3-22(31)26(21)27-20(28(40-33-27)15-4-5-15)13-39-25-11-17-10-19(25)29(36)34(17)16-6-9-23(32-12-16)24(35)14-41(37,38)18-7-8-18/h1-3,6,9,12,15,17-19,25H,4-5,7-8,10-11,13-14H2/t17-,19+,25+/m0/s1. The summed E-state index contributed by atoms with van der Waals surface area (Å²) in [5.74, 6) is -0.327. The molecule has 41 heavy (non-hydrogen) atoms. The Bertz CT molecular complexity index is 1630. The van der Waals surface area contributed by atoms with Gasteiger partial charge in [0.2, 0.25) is 5.91 Å². The quantitative estimate of drug-likeness (QED) is 0.278. The number of carbonyl (C=O) groups excluding carboxylic acids is 2. The predicted octanol–water partition coefficient (Wildman–Crippen LogP) is 5.39. The lowest BCUT2D eigenvalue weighted by Gasteiger charge is -2.31. The predicted molar refractivity (Wildman–Crippen MR) is 152 cm³/mol. The van der Waals surface area contributed by atoms with Gasteiger partial charge >= 0.3 is 0 Å². The fourth-order valence-electron chi connectivity index (χ4n) is 6.06. The summed E-state index contributed by atoms with van der Waals surface area (Å²) in [7, 11) is -3.42. The highest BCUT2D eigenvalue weighted by atomic mass is 35.5. The molecule has 0 radical (unpaired) electrons. The van der Waals surface area contributed by atoms with Crippen molar-refractivity contribution in [3.8, 4) is 11.3 Å². The highest BCUT2D eigenvalue weighted by Crippen LogP contribution is 2.47. The summed E-state index contributed by atoms with van der Waals surface area (Å²) in [5.41, 5.74) is 2.69. The number of benzene rings is 1. The zero-order chi connectivity index (χ0) is 28.5. The van der Waals surface area contributed by atoms with Crippen LogP contribution in [0.3, 0.4) is 0 Å². The first kappa shape index (κ1) is 27.1. The summed E-state index contributed by atoms with van der Waals surface area (Å²) in [6, 6.07) is 8.40. The molecule has 2 aromatic heterocycles. The van der Waals surface area contributed by atoms with Gasteiger partial charge in [0.25, 0.3) is 0 Å². The number of hydrogen-bond donors (Lipinski definition) is 0. The van der Waals surface area contributed by atoms with Crippen LogP contribution in [0.2, 0.25) is 10.0 Å². The molecular formula is C29H27Cl2N3O6S. The van der Waals surface area contributed by atoms with Crippen molar-refractivity contribution in [1.82, 2.24) is 10.1 Å². The molecule has 1 aliphatic heterocycles. The third kappa shape index (κ3) is 4.98. The lowest BCUT2D eigenvalue weighted by molar-refractivity contribution is -0.126. The first-order valence-electron chi connectivity index (χ1n) is 13.8. The molecule has 9 nitrogen and oxygen atoms in total. The second kappa shape index (κ2) is 10.2. The number of ketones is 1. The minimum Gasteiger partial charge on any atom is -0.372 e. The molecule has 0 unspecified atom stereocenters. The molecule has 2 bridgehead atoms. The Kier molecular flexibility index (Phi) is 6.72. The van der Waals surface area contributed by atoms with E-state index in [4.69, 9.17) is 32.5 Å². The number of pyridine rings is 1. The van der Waals surface area contributed by atoms with Gasteiger partial charge in [-0.3, -0.25) is 14.6 Å². The second-order valence-corrected chi connectivity index (χ2v) is 14.5. The van der Waals surface area contributed by atoms with Crippen molar-refractivity contribution in [2.24, 2.45) is 5.92 Å². The summed E-state index contributed by atoms with van der Waals surface area (Å²) >= 11 is 13.0. The first-order chi connectivity index (χ1) is 19.7. The second-order valence-electron chi connectivity index (χ2n) is 11.4. The normalized spacial score (nSPS) is 23.9. The van der Waals surface area contributed by atoms with E-state index in [1.165, 1.54) is 12.3 Å². The highest BCUT2D eigenvalue weighted by Gasteiger charge is 2.52. The first-order valence-corrected chi connectivity index (χ1v) is 16.3. The number of nitrogens with zero attached hydrogens (tertiary/aromatic N) is 3. The van der Waals surface area contributed by atoms with E-state index in [1.54, 1.807) is 29.2 Å². The average Bonchev–Trinajstić information content (AvgIpc) is 3.87. The molecule has 7 rings (SSSR count). The molecule has 4 fully saturated rings. The van der Waals surface area contributed by atoms with Gasteiger partial charge in [-0.1, -0.05) is 34.4 Å². The van der Waals surface area contributed by atoms with Gasteiger partial charge in [0.1, 0.15) is 22.9 Å². The molecule has 4 aliphatic rings. The number of halogens is 2. The fraction of sp³-hybridized carbons (Fsp3) is 0.448. The Morgan fingerprint density at radius 2 is 1.83 bits per heavy atom. The molecule has 12 heteroatoms. The lowest BCUT2D eigenvalue weighted by Crippen LogP contribution is -2.43. The van der Waals surface area contributed by atoms with Crippen LogP contribution in [0.4, 0.5) is 5.69 Å². The van der Waals surface area contributed by atoms with Crippen LogP contribution in [0, 0.1) is 5.92 Å². The number of fused-ring (bicyclic) bond motifs is 2. The number of ether oxygens (including phenoxy) is 1. The SMILES string of the molecule is O=C(CS(=O)(=O)C1CC1)c1ccc(N2C(=O)[C@@H]3C[C@H]2C[C@H]3OCc2c(-c3c(Cl)cccc3Cl)noc2C2CC2)cn1. The van der Waals surface area contributed by atoms with Gasteiger partial charge in [-0.2, -0.15) is 0 Å². The minimum absolute atomic E-state index is 0.0504. The third-order valence-electron chi connectivity index (χ3n) is 8.48. The Labute approximate surface area is 247 Å². The summed E-state index contributed by atoms with van der Waals surface area (Å²) in [6.45, 7) is 0.232. The van der Waals surface area contributed by atoms with Crippen molar-refractivity contribution in [2.75, 3.05) is 10.7 Å². The molecule has 3 aromatic rings. The van der Waals surface area contributed by atoms with Crippen LogP contribution in [-0.2, 0) is 26.0 Å². The van der Waals surface area contributed by atoms with E-state index in [1.807, 2.05) is 0 Å². The van der Waals surface area contributed by atoms with Crippen LogP contribution < -0.4 is 4.90 Å². The minimum atomic E-state index is -3.42. The largest absolute Gasteiger partial charge is 0.372 e. The Morgan fingerprint density at radius 1 is 1.07 bits per heavy atom. The molecule has 3 heterocycles. The maximum atomic E-state index is 13.4. The molecule has 3 saturated carbocycles. The molecule has 1 aromatic carbocycles. The molecular weight excluding hydrogens is 589 g/mol. The number of Topliss-reactive ketones (excluding diaryl/α,β-unsaturated/α-hetero) is 1. The summed E-state index contributed by atoms with van der Waals surface area (Å²) in [6.07, 6.45) is 5.80. The van der Waals surface area contributed by atoms with Crippen LogP contribution in [-0.4, -0.2) is 53.4 Å². The van der Waals surface area contributed by atoms with Gasteiger partial charge in [-0.05, 0) is 62.8 Å². The van der Waals surface area contributed by atoms with Gasteiger partial charge in [0.05, 0.1) is 45.8 Å². The average molecular weight is 617 g/mol. The maximum Gasteiger partial charge on any atom is 0.233 e. The lowest BCUT2D eigenvalue weighted by atomic mass is 10.0. The molecule has 1 amide bonds. The van der Waals surface area contributed by atoms with E-state index >= 15 is 0 Å². The van der Waals surface area contributed by atoms with Crippen LogP contribution in [0.15, 0.2) is 41.1 Å². The number of carbonyl (C=O) groups is 2.